The number of thiophene rings is 1. The van der Waals surface area contributed by atoms with Crippen molar-refractivity contribution in [1.29, 1.82) is 0 Å². The van der Waals surface area contributed by atoms with E-state index in [1.807, 2.05) is 0 Å². The number of carbonyl (C=O) groups excluding carboxylic acids is 2. The number of rotatable bonds is 4. The van der Waals surface area contributed by atoms with Crippen molar-refractivity contribution in [1.82, 2.24) is 0 Å². The van der Waals surface area contributed by atoms with Crippen LogP contribution in [0.4, 0.5) is 5.00 Å². The summed E-state index contributed by atoms with van der Waals surface area (Å²) < 4.78 is 5.14. The summed E-state index contributed by atoms with van der Waals surface area (Å²) >= 11 is 7.12. The molecule has 0 fully saturated rings. The fraction of sp³-hybridized carbons (Fsp3) is 0.200. The van der Waals surface area contributed by atoms with Crippen LogP contribution < -0.4 is 5.32 Å². The van der Waals surface area contributed by atoms with Crippen LogP contribution in [0, 0.1) is 0 Å². The van der Waals surface area contributed by atoms with Gasteiger partial charge in [0.2, 0.25) is 0 Å². The predicted molar refractivity (Wildman–Crippen MR) is 84.3 cm³/mol. The molecule has 1 amide bonds. The molecule has 0 radical (unpaired) electrons. The average Bonchev–Trinajstić information content (AvgIpc) is 2.86. The highest BCUT2D eigenvalue weighted by Gasteiger charge is 2.18. The third-order valence-electron chi connectivity index (χ3n) is 2.54. The highest BCUT2D eigenvalue weighted by Crippen LogP contribution is 2.25. The Bertz CT molecular complexity index is 666. The molecule has 0 aliphatic heterocycles. The first kappa shape index (κ1) is 15.5. The lowest BCUT2D eigenvalue weighted by atomic mass is 10.2. The van der Waals surface area contributed by atoms with Gasteiger partial charge in [0.15, 0.2) is 0 Å². The molecule has 0 atom stereocenters. The van der Waals surface area contributed by atoms with Gasteiger partial charge in [0.25, 0.3) is 5.91 Å². The van der Waals surface area contributed by atoms with E-state index in [0.29, 0.717) is 21.2 Å². The van der Waals surface area contributed by atoms with Crippen molar-refractivity contribution in [2.24, 2.45) is 0 Å². The van der Waals surface area contributed by atoms with Gasteiger partial charge in [0.05, 0.1) is 11.7 Å². The van der Waals surface area contributed by atoms with Gasteiger partial charge in [0, 0.05) is 10.6 Å². The Morgan fingerprint density at radius 2 is 2.05 bits per heavy atom. The van der Waals surface area contributed by atoms with Crippen molar-refractivity contribution in [2.75, 3.05) is 5.32 Å². The summed E-state index contributed by atoms with van der Waals surface area (Å²) in [5.41, 5.74) is 0.781. The van der Waals surface area contributed by atoms with Crippen molar-refractivity contribution < 1.29 is 14.3 Å². The van der Waals surface area contributed by atoms with E-state index >= 15 is 0 Å². The quantitative estimate of drug-likeness (QED) is 0.857. The van der Waals surface area contributed by atoms with Crippen LogP contribution >= 0.6 is 22.9 Å². The molecule has 1 aromatic heterocycles. The zero-order valence-corrected chi connectivity index (χ0v) is 13.1. The summed E-state index contributed by atoms with van der Waals surface area (Å²) in [7, 11) is 0. The Morgan fingerprint density at radius 1 is 1.29 bits per heavy atom. The van der Waals surface area contributed by atoms with Crippen molar-refractivity contribution in [3.63, 3.8) is 0 Å². The summed E-state index contributed by atoms with van der Waals surface area (Å²) in [5.74, 6) is -0.772. The first-order chi connectivity index (χ1) is 9.97. The fourth-order valence-electron chi connectivity index (χ4n) is 1.65. The highest BCUT2D eigenvalue weighted by molar-refractivity contribution is 7.14. The molecule has 0 spiro atoms. The normalized spacial score (nSPS) is 10.5. The van der Waals surface area contributed by atoms with Gasteiger partial charge in [-0.2, -0.15) is 0 Å². The van der Waals surface area contributed by atoms with Crippen LogP contribution in [-0.2, 0) is 4.74 Å². The molecule has 1 aromatic carbocycles. The minimum atomic E-state index is -0.451. The fourth-order valence-corrected chi connectivity index (χ4v) is 2.61. The van der Waals surface area contributed by atoms with Crippen molar-refractivity contribution in [2.45, 2.75) is 20.0 Å². The standard InChI is InChI=1S/C15H14ClNO3S/c1-9(2)20-15(19)12-6-7-21-14(12)17-13(18)10-4-3-5-11(16)8-10/h3-9H,1-2H3,(H,17,18). The highest BCUT2D eigenvalue weighted by atomic mass is 35.5. The maximum Gasteiger partial charge on any atom is 0.341 e. The topological polar surface area (TPSA) is 55.4 Å². The van der Waals surface area contributed by atoms with Gasteiger partial charge in [-0.25, -0.2) is 4.79 Å². The minimum absolute atomic E-state index is 0.214. The number of anilines is 1. The lowest BCUT2D eigenvalue weighted by molar-refractivity contribution is 0.0379. The third-order valence-corrected chi connectivity index (χ3v) is 3.61. The van der Waals surface area contributed by atoms with Gasteiger partial charge >= 0.3 is 5.97 Å². The smallest absolute Gasteiger partial charge is 0.341 e. The molecule has 21 heavy (non-hydrogen) atoms. The Kier molecular flexibility index (Phi) is 4.98. The van der Waals surface area contributed by atoms with E-state index in [9.17, 15) is 9.59 Å². The summed E-state index contributed by atoms with van der Waals surface area (Å²) in [4.78, 5) is 24.1. The van der Waals surface area contributed by atoms with Gasteiger partial charge in [-0.1, -0.05) is 17.7 Å². The van der Waals surface area contributed by atoms with E-state index in [1.54, 1.807) is 49.6 Å². The van der Waals surface area contributed by atoms with Gasteiger partial charge in [-0.15, -0.1) is 11.3 Å². The molecule has 0 bridgehead atoms. The Hall–Kier alpha value is -1.85. The maximum absolute atomic E-state index is 12.1. The van der Waals surface area contributed by atoms with Crippen molar-refractivity contribution >= 4 is 39.8 Å². The molecular weight excluding hydrogens is 310 g/mol. The summed E-state index contributed by atoms with van der Waals surface area (Å²) in [6, 6.07) is 8.23. The van der Waals surface area contributed by atoms with Gasteiger partial charge in [-0.3, -0.25) is 4.79 Å². The third kappa shape index (κ3) is 4.06. The van der Waals surface area contributed by atoms with Crippen LogP contribution in [0.1, 0.15) is 34.6 Å². The second kappa shape index (κ2) is 6.74. The summed E-state index contributed by atoms with van der Waals surface area (Å²) in [6.07, 6.45) is -0.214. The number of nitrogens with one attached hydrogen (secondary N) is 1. The van der Waals surface area contributed by atoms with Crippen LogP contribution in [0.2, 0.25) is 5.02 Å². The number of carbonyl (C=O) groups is 2. The maximum atomic E-state index is 12.1. The van der Waals surface area contributed by atoms with E-state index in [1.165, 1.54) is 11.3 Å². The largest absolute Gasteiger partial charge is 0.459 e. The molecule has 0 aliphatic rings. The molecule has 6 heteroatoms. The van der Waals surface area contributed by atoms with Gasteiger partial charge in [0.1, 0.15) is 5.00 Å². The van der Waals surface area contributed by atoms with E-state index < -0.39 is 5.97 Å². The molecule has 0 saturated carbocycles. The summed E-state index contributed by atoms with van der Waals surface area (Å²) in [6.45, 7) is 3.54. The van der Waals surface area contributed by atoms with Crippen molar-refractivity contribution in [3.05, 3.63) is 51.9 Å². The number of hydrogen-bond acceptors (Lipinski definition) is 4. The summed E-state index contributed by atoms with van der Waals surface area (Å²) in [5, 5.41) is 5.38. The molecule has 0 saturated heterocycles. The number of benzene rings is 1. The predicted octanol–water partition coefficient (Wildman–Crippen LogP) is 4.22. The molecule has 2 aromatic rings. The van der Waals surface area contributed by atoms with Crippen LogP contribution in [-0.4, -0.2) is 18.0 Å². The van der Waals surface area contributed by atoms with Gasteiger partial charge < -0.3 is 10.1 Å². The minimum Gasteiger partial charge on any atom is -0.459 e. The van der Waals surface area contributed by atoms with Crippen molar-refractivity contribution in [3.8, 4) is 0 Å². The first-order valence-corrected chi connectivity index (χ1v) is 7.58. The monoisotopic (exact) mass is 323 g/mol. The second-order valence-electron chi connectivity index (χ2n) is 4.58. The second-order valence-corrected chi connectivity index (χ2v) is 5.93. The zero-order valence-electron chi connectivity index (χ0n) is 11.6. The number of halogens is 1. The zero-order chi connectivity index (χ0) is 15.4. The van der Waals surface area contributed by atoms with E-state index in [4.69, 9.17) is 16.3 Å². The Labute approximate surface area is 131 Å². The van der Waals surface area contributed by atoms with Crippen LogP contribution in [0.3, 0.4) is 0 Å². The molecular formula is C15H14ClNO3S. The van der Waals surface area contributed by atoms with Gasteiger partial charge in [-0.05, 0) is 43.5 Å². The molecule has 0 unspecified atom stereocenters. The van der Waals surface area contributed by atoms with Crippen LogP contribution in [0.25, 0.3) is 0 Å². The molecule has 0 aliphatic carbocycles. The number of hydrogen-bond donors (Lipinski definition) is 1. The molecule has 4 nitrogen and oxygen atoms in total. The molecule has 110 valence electrons. The van der Waals surface area contributed by atoms with E-state index in [2.05, 4.69) is 5.32 Å². The molecule has 1 heterocycles. The first-order valence-electron chi connectivity index (χ1n) is 6.32. The number of esters is 1. The Balaban J connectivity index is 2.15. The number of ether oxygens (including phenoxy) is 1. The molecule has 2 rings (SSSR count). The number of amides is 1. The van der Waals surface area contributed by atoms with Crippen LogP contribution in [0.5, 0.6) is 0 Å². The lowest BCUT2D eigenvalue weighted by Crippen LogP contribution is -2.16. The van der Waals surface area contributed by atoms with E-state index in [-0.39, 0.29) is 12.0 Å². The van der Waals surface area contributed by atoms with Crippen LogP contribution in [0.15, 0.2) is 35.7 Å². The average molecular weight is 324 g/mol. The Morgan fingerprint density at radius 3 is 2.71 bits per heavy atom. The molecule has 1 N–H and O–H groups in total. The SMILES string of the molecule is CC(C)OC(=O)c1ccsc1NC(=O)c1cccc(Cl)c1. The lowest BCUT2D eigenvalue weighted by Gasteiger charge is -2.09. The van der Waals surface area contributed by atoms with E-state index in [0.717, 1.165) is 0 Å².